The van der Waals surface area contributed by atoms with Crippen LogP contribution in [0, 0.1) is 0 Å². The van der Waals surface area contributed by atoms with Crippen LogP contribution in [0.5, 0.6) is 5.75 Å². The first-order valence-corrected chi connectivity index (χ1v) is 6.48. The lowest BCUT2D eigenvalue weighted by molar-refractivity contribution is 0.198. The van der Waals surface area contributed by atoms with Gasteiger partial charge in [0.15, 0.2) is 0 Å². The van der Waals surface area contributed by atoms with E-state index in [9.17, 15) is 5.11 Å². The molecule has 0 fully saturated rings. The van der Waals surface area contributed by atoms with E-state index in [0.29, 0.717) is 0 Å². The van der Waals surface area contributed by atoms with Crippen LogP contribution in [0.1, 0.15) is 24.2 Å². The third kappa shape index (κ3) is 2.29. The third-order valence-corrected chi connectivity index (χ3v) is 3.54. The first-order chi connectivity index (χ1) is 7.33. The van der Waals surface area contributed by atoms with Gasteiger partial charge < -0.3 is 9.84 Å². The molecule has 0 saturated carbocycles. The standard InChI is InChI=1S/C12H16O2S/c1-2-15-8-11(13)10-5-3-4-9-6-7-14-12(9)10/h3-5,11,13H,2,6-8H2,1H3. The molecular formula is C12H16O2S. The van der Waals surface area contributed by atoms with Gasteiger partial charge in [-0.15, -0.1) is 0 Å². The number of rotatable bonds is 4. The summed E-state index contributed by atoms with van der Waals surface area (Å²) in [7, 11) is 0. The summed E-state index contributed by atoms with van der Waals surface area (Å²) in [4.78, 5) is 0. The van der Waals surface area contributed by atoms with Gasteiger partial charge in [0.2, 0.25) is 0 Å². The second-order valence-electron chi connectivity index (χ2n) is 3.61. The Morgan fingerprint density at radius 3 is 3.20 bits per heavy atom. The van der Waals surface area contributed by atoms with Crippen LogP contribution in [0.15, 0.2) is 18.2 Å². The molecule has 1 N–H and O–H groups in total. The minimum Gasteiger partial charge on any atom is -0.493 e. The number of hydrogen-bond donors (Lipinski definition) is 1. The second-order valence-corrected chi connectivity index (χ2v) is 4.93. The third-order valence-electron chi connectivity index (χ3n) is 2.58. The van der Waals surface area contributed by atoms with Crippen LogP contribution in [-0.4, -0.2) is 23.2 Å². The van der Waals surface area contributed by atoms with Crippen LogP contribution in [0.4, 0.5) is 0 Å². The van der Waals surface area contributed by atoms with E-state index in [2.05, 4.69) is 13.0 Å². The van der Waals surface area contributed by atoms with Crippen LogP contribution in [0.25, 0.3) is 0 Å². The minimum atomic E-state index is -0.400. The lowest BCUT2D eigenvalue weighted by Gasteiger charge is -2.13. The molecule has 2 rings (SSSR count). The molecule has 1 aromatic rings. The molecule has 1 aromatic carbocycles. The molecule has 2 nitrogen and oxygen atoms in total. The number of benzene rings is 1. The van der Waals surface area contributed by atoms with Crippen molar-refractivity contribution >= 4 is 11.8 Å². The van der Waals surface area contributed by atoms with Crippen LogP contribution in [0.2, 0.25) is 0 Å². The predicted molar refractivity (Wildman–Crippen MR) is 63.6 cm³/mol. The van der Waals surface area contributed by atoms with Gasteiger partial charge in [-0.05, 0) is 11.3 Å². The van der Waals surface area contributed by atoms with Crippen molar-refractivity contribution in [1.29, 1.82) is 0 Å². The van der Waals surface area contributed by atoms with Crippen molar-refractivity contribution in [2.75, 3.05) is 18.1 Å². The summed E-state index contributed by atoms with van der Waals surface area (Å²) < 4.78 is 5.56. The Hall–Kier alpha value is -0.670. The van der Waals surface area contributed by atoms with Gasteiger partial charge in [0.1, 0.15) is 5.75 Å². The molecule has 1 heterocycles. The van der Waals surface area contributed by atoms with Gasteiger partial charge in [-0.25, -0.2) is 0 Å². The fourth-order valence-electron chi connectivity index (χ4n) is 1.82. The highest BCUT2D eigenvalue weighted by atomic mass is 32.2. The van der Waals surface area contributed by atoms with E-state index in [4.69, 9.17) is 4.74 Å². The molecule has 82 valence electrons. The molecule has 0 radical (unpaired) electrons. The zero-order chi connectivity index (χ0) is 10.7. The summed E-state index contributed by atoms with van der Waals surface area (Å²) >= 11 is 1.75. The average molecular weight is 224 g/mol. The monoisotopic (exact) mass is 224 g/mol. The quantitative estimate of drug-likeness (QED) is 0.851. The maximum atomic E-state index is 10.0. The van der Waals surface area contributed by atoms with E-state index in [-0.39, 0.29) is 0 Å². The fourth-order valence-corrected chi connectivity index (χ4v) is 2.46. The number of aliphatic hydroxyl groups is 1. The van der Waals surface area contributed by atoms with Crippen molar-refractivity contribution < 1.29 is 9.84 Å². The Morgan fingerprint density at radius 1 is 1.53 bits per heavy atom. The van der Waals surface area contributed by atoms with Crippen molar-refractivity contribution in [3.8, 4) is 5.75 Å². The molecule has 15 heavy (non-hydrogen) atoms. The molecule has 1 atom stereocenters. The van der Waals surface area contributed by atoms with Crippen LogP contribution < -0.4 is 4.74 Å². The maximum Gasteiger partial charge on any atom is 0.128 e. The molecule has 0 aromatic heterocycles. The summed E-state index contributed by atoms with van der Waals surface area (Å²) in [5, 5.41) is 10.0. The second kappa shape index (κ2) is 4.90. The molecule has 1 aliphatic rings. The van der Waals surface area contributed by atoms with Gasteiger partial charge in [0.05, 0.1) is 12.7 Å². The van der Waals surface area contributed by atoms with Gasteiger partial charge in [0.25, 0.3) is 0 Å². The molecular weight excluding hydrogens is 208 g/mol. The average Bonchev–Trinajstić information content (AvgIpc) is 2.73. The van der Waals surface area contributed by atoms with Gasteiger partial charge in [-0.2, -0.15) is 11.8 Å². The highest BCUT2D eigenvalue weighted by Crippen LogP contribution is 2.34. The zero-order valence-electron chi connectivity index (χ0n) is 8.90. The van der Waals surface area contributed by atoms with Crippen molar-refractivity contribution in [1.82, 2.24) is 0 Å². The SMILES string of the molecule is CCSCC(O)c1cccc2c1OCC2. The van der Waals surface area contributed by atoms with Crippen LogP contribution in [0.3, 0.4) is 0 Å². The highest BCUT2D eigenvalue weighted by molar-refractivity contribution is 7.99. The van der Waals surface area contributed by atoms with Crippen molar-refractivity contribution in [2.24, 2.45) is 0 Å². The number of para-hydroxylation sites is 1. The van der Waals surface area contributed by atoms with Crippen molar-refractivity contribution in [2.45, 2.75) is 19.4 Å². The molecule has 3 heteroatoms. The Kier molecular flexibility index (Phi) is 3.54. The lowest BCUT2D eigenvalue weighted by atomic mass is 10.0. The van der Waals surface area contributed by atoms with Crippen LogP contribution >= 0.6 is 11.8 Å². The van der Waals surface area contributed by atoms with Gasteiger partial charge in [0, 0.05) is 17.7 Å². The van der Waals surface area contributed by atoms with Crippen molar-refractivity contribution in [3.05, 3.63) is 29.3 Å². The van der Waals surface area contributed by atoms with Gasteiger partial charge in [-0.1, -0.05) is 25.1 Å². The molecule has 0 aliphatic carbocycles. The van der Waals surface area contributed by atoms with E-state index in [1.54, 1.807) is 11.8 Å². The fraction of sp³-hybridized carbons (Fsp3) is 0.500. The Labute approximate surface area is 94.6 Å². The Morgan fingerprint density at radius 2 is 2.40 bits per heavy atom. The maximum absolute atomic E-state index is 10.0. The lowest BCUT2D eigenvalue weighted by Crippen LogP contribution is -2.03. The molecule has 0 spiro atoms. The molecule has 0 amide bonds. The summed E-state index contributed by atoms with van der Waals surface area (Å²) in [6, 6.07) is 6.04. The largest absolute Gasteiger partial charge is 0.493 e. The first kappa shape index (κ1) is 10.8. The van der Waals surface area contributed by atoms with Crippen LogP contribution in [-0.2, 0) is 6.42 Å². The van der Waals surface area contributed by atoms with Gasteiger partial charge >= 0.3 is 0 Å². The topological polar surface area (TPSA) is 29.5 Å². The molecule has 1 aliphatic heterocycles. The van der Waals surface area contributed by atoms with Crippen molar-refractivity contribution in [3.63, 3.8) is 0 Å². The number of thioether (sulfide) groups is 1. The minimum absolute atomic E-state index is 0.400. The molecule has 0 saturated heterocycles. The highest BCUT2D eigenvalue weighted by Gasteiger charge is 2.20. The number of ether oxygens (including phenoxy) is 1. The van der Waals surface area contributed by atoms with E-state index < -0.39 is 6.10 Å². The number of fused-ring (bicyclic) bond motifs is 1. The summed E-state index contributed by atoms with van der Waals surface area (Å²) in [6.07, 6.45) is 0.569. The summed E-state index contributed by atoms with van der Waals surface area (Å²) in [6.45, 7) is 2.85. The number of aliphatic hydroxyl groups excluding tert-OH is 1. The molecule has 0 bridgehead atoms. The predicted octanol–water partition coefficient (Wildman–Crippen LogP) is 2.41. The summed E-state index contributed by atoms with van der Waals surface area (Å²) in [5.74, 6) is 2.70. The Bertz CT molecular complexity index is 338. The summed E-state index contributed by atoms with van der Waals surface area (Å²) in [5.41, 5.74) is 2.18. The molecule has 1 unspecified atom stereocenters. The van der Waals surface area contributed by atoms with E-state index >= 15 is 0 Å². The zero-order valence-corrected chi connectivity index (χ0v) is 9.72. The first-order valence-electron chi connectivity index (χ1n) is 5.33. The smallest absolute Gasteiger partial charge is 0.128 e. The van der Waals surface area contributed by atoms with Gasteiger partial charge in [-0.3, -0.25) is 0 Å². The normalized spacial score (nSPS) is 15.9. The van der Waals surface area contributed by atoms with E-state index in [1.807, 2.05) is 12.1 Å². The van der Waals surface area contributed by atoms with E-state index in [0.717, 1.165) is 35.8 Å². The Balaban J connectivity index is 2.17. The van der Waals surface area contributed by atoms with E-state index in [1.165, 1.54) is 5.56 Å². The number of hydrogen-bond acceptors (Lipinski definition) is 3.